The molecule has 0 atom stereocenters. The fourth-order valence-electron chi connectivity index (χ4n) is 2.04. The zero-order valence-electron chi connectivity index (χ0n) is 12.4. The van der Waals surface area contributed by atoms with Crippen LogP contribution in [0, 0.1) is 0 Å². The molecule has 0 fully saturated rings. The lowest BCUT2D eigenvalue weighted by Crippen LogP contribution is -2.20. The summed E-state index contributed by atoms with van der Waals surface area (Å²) >= 11 is 1.38. The van der Waals surface area contributed by atoms with E-state index >= 15 is 0 Å². The molecular weight excluding hydrogens is 314 g/mol. The number of benzene rings is 2. The average Bonchev–Trinajstić information content (AvgIpc) is 2.92. The number of fused-ring (bicyclic) bond motifs is 1. The van der Waals surface area contributed by atoms with Crippen molar-refractivity contribution in [1.29, 1.82) is 0 Å². The Morgan fingerprint density at radius 3 is 2.70 bits per heavy atom. The molecule has 6 nitrogen and oxygen atoms in total. The molecule has 1 heterocycles. The standard InChI is InChI=1S/C16H15N3O3S/c1-21-11-3-5-12(6-4-11)22-9-15(20)18-10-2-7-13-14(8-10)23-16(17)19-13/h2-8H,9H2,1H3,(H2,17,19)(H,18,20). The van der Waals surface area contributed by atoms with Gasteiger partial charge >= 0.3 is 0 Å². The first kappa shape index (κ1) is 15.1. The average molecular weight is 329 g/mol. The molecule has 23 heavy (non-hydrogen) atoms. The van der Waals surface area contributed by atoms with Crippen molar-refractivity contribution in [2.45, 2.75) is 0 Å². The van der Waals surface area contributed by atoms with E-state index < -0.39 is 0 Å². The SMILES string of the molecule is COc1ccc(OCC(=O)Nc2ccc3nc(N)sc3c2)cc1. The van der Waals surface area contributed by atoms with Crippen LogP contribution in [0.3, 0.4) is 0 Å². The highest BCUT2D eigenvalue weighted by Gasteiger charge is 2.06. The Labute approximate surface area is 136 Å². The number of hydrogen-bond donors (Lipinski definition) is 2. The molecule has 0 aliphatic carbocycles. The molecule has 0 radical (unpaired) electrons. The second kappa shape index (κ2) is 6.53. The van der Waals surface area contributed by atoms with Gasteiger partial charge in [0.1, 0.15) is 11.5 Å². The van der Waals surface area contributed by atoms with E-state index in [1.54, 1.807) is 37.4 Å². The third kappa shape index (κ3) is 3.70. The summed E-state index contributed by atoms with van der Waals surface area (Å²) in [6, 6.07) is 12.5. The normalized spacial score (nSPS) is 10.5. The van der Waals surface area contributed by atoms with Crippen LogP contribution in [0.15, 0.2) is 42.5 Å². The largest absolute Gasteiger partial charge is 0.497 e. The number of thiazole rings is 1. The van der Waals surface area contributed by atoms with E-state index in [0.29, 0.717) is 16.6 Å². The van der Waals surface area contributed by atoms with Crippen molar-refractivity contribution in [2.75, 3.05) is 24.8 Å². The number of carbonyl (C=O) groups is 1. The lowest BCUT2D eigenvalue weighted by molar-refractivity contribution is -0.118. The molecule has 0 spiro atoms. The zero-order chi connectivity index (χ0) is 16.2. The lowest BCUT2D eigenvalue weighted by Gasteiger charge is -2.08. The maximum atomic E-state index is 12.0. The van der Waals surface area contributed by atoms with E-state index in [-0.39, 0.29) is 12.5 Å². The van der Waals surface area contributed by atoms with Crippen LogP contribution in [0.5, 0.6) is 11.5 Å². The summed E-state index contributed by atoms with van der Waals surface area (Å²) in [6.45, 7) is -0.0742. The van der Waals surface area contributed by atoms with Gasteiger partial charge in [-0.2, -0.15) is 0 Å². The molecule has 3 N–H and O–H groups in total. The minimum atomic E-state index is -0.238. The van der Waals surface area contributed by atoms with Gasteiger partial charge in [0.2, 0.25) is 0 Å². The predicted octanol–water partition coefficient (Wildman–Crippen LogP) is 2.90. The van der Waals surface area contributed by atoms with Gasteiger partial charge in [0.05, 0.1) is 17.3 Å². The molecule has 0 aliphatic rings. The Balaban J connectivity index is 1.59. The van der Waals surface area contributed by atoms with Crippen LogP contribution < -0.4 is 20.5 Å². The highest BCUT2D eigenvalue weighted by molar-refractivity contribution is 7.22. The number of nitrogen functional groups attached to an aromatic ring is 1. The quantitative estimate of drug-likeness (QED) is 0.751. The minimum absolute atomic E-state index is 0.0742. The van der Waals surface area contributed by atoms with Crippen molar-refractivity contribution in [1.82, 2.24) is 4.98 Å². The van der Waals surface area contributed by atoms with Gasteiger partial charge in [-0.1, -0.05) is 11.3 Å². The number of nitrogens with one attached hydrogen (secondary N) is 1. The Kier molecular flexibility index (Phi) is 4.29. The van der Waals surface area contributed by atoms with E-state index in [2.05, 4.69) is 10.3 Å². The molecule has 3 aromatic rings. The van der Waals surface area contributed by atoms with Crippen LogP contribution >= 0.6 is 11.3 Å². The van der Waals surface area contributed by atoms with Crippen molar-refractivity contribution >= 4 is 38.3 Å². The van der Waals surface area contributed by atoms with E-state index in [9.17, 15) is 4.79 Å². The summed E-state index contributed by atoms with van der Waals surface area (Å²) in [5.74, 6) is 1.10. The molecule has 0 aliphatic heterocycles. The Bertz CT molecular complexity index is 830. The fraction of sp³-hybridized carbons (Fsp3) is 0.125. The number of nitrogens with two attached hydrogens (primary N) is 1. The van der Waals surface area contributed by atoms with Gasteiger partial charge in [-0.05, 0) is 42.5 Å². The summed E-state index contributed by atoms with van der Waals surface area (Å²) in [6.07, 6.45) is 0. The van der Waals surface area contributed by atoms with Crippen molar-refractivity contribution < 1.29 is 14.3 Å². The number of anilines is 2. The second-order valence-corrected chi connectivity index (χ2v) is 5.81. The minimum Gasteiger partial charge on any atom is -0.497 e. The molecule has 7 heteroatoms. The third-order valence-corrected chi connectivity index (χ3v) is 3.97. The van der Waals surface area contributed by atoms with Crippen LogP contribution in [-0.4, -0.2) is 24.6 Å². The number of rotatable bonds is 5. The van der Waals surface area contributed by atoms with Gasteiger partial charge < -0.3 is 20.5 Å². The molecule has 2 aromatic carbocycles. The van der Waals surface area contributed by atoms with Crippen LogP contribution in [-0.2, 0) is 4.79 Å². The number of amides is 1. The van der Waals surface area contributed by atoms with E-state index in [1.807, 2.05) is 12.1 Å². The van der Waals surface area contributed by atoms with Gasteiger partial charge in [-0.15, -0.1) is 0 Å². The molecule has 0 saturated heterocycles. The van der Waals surface area contributed by atoms with Crippen LogP contribution in [0.2, 0.25) is 0 Å². The lowest BCUT2D eigenvalue weighted by atomic mass is 10.3. The van der Waals surface area contributed by atoms with Crippen molar-refractivity contribution in [3.63, 3.8) is 0 Å². The van der Waals surface area contributed by atoms with Gasteiger partial charge in [-0.3, -0.25) is 4.79 Å². The van der Waals surface area contributed by atoms with Gasteiger partial charge in [0.25, 0.3) is 5.91 Å². The molecule has 1 amide bonds. The van der Waals surface area contributed by atoms with Crippen molar-refractivity contribution in [3.05, 3.63) is 42.5 Å². The first-order valence-corrected chi connectivity index (χ1v) is 7.68. The smallest absolute Gasteiger partial charge is 0.262 e. The first-order chi connectivity index (χ1) is 11.1. The number of aromatic nitrogens is 1. The third-order valence-electron chi connectivity index (χ3n) is 3.12. The maximum absolute atomic E-state index is 12.0. The van der Waals surface area contributed by atoms with E-state index in [4.69, 9.17) is 15.2 Å². The molecule has 3 rings (SSSR count). The monoisotopic (exact) mass is 329 g/mol. The van der Waals surface area contributed by atoms with E-state index in [1.165, 1.54) is 11.3 Å². The first-order valence-electron chi connectivity index (χ1n) is 6.87. The summed E-state index contributed by atoms with van der Waals surface area (Å²) < 4.78 is 11.4. The molecule has 118 valence electrons. The predicted molar refractivity (Wildman–Crippen MR) is 91.2 cm³/mol. The molecule has 0 unspecified atom stereocenters. The molecule has 0 saturated carbocycles. The van der Waals surface area contributed by atoms with Crippen molar-refractivity contribution in [3.8, 4) is 11.5 Å². The molecular formula is C16H15N3O3S. The zero-order valence-corrected chi connectivity index (χ0v) is 13.2. The Hall–Kier alpha value is -2.80. The summed E-state index contributed by atoms with van der Waals surface area (Å²) in [7, 11) is 1.59. The van der Waals surface area contributed by atoms with Gasteiger partial charge in [0, 0.05) is 5.69 Å². The van der Waals surface area contributed by atoms with Crippen LogP contribution in [0.4, 0.5) is 10.8 Å². The summed E-state index contributed by atoms with van der Waals surface area (Å²) in [5.41, 5.74) is 7.17. The Morgan fingerprint density at radius 2 is 1.96 bits per heavy atom. The number of ether oxygens (including phenoxy) is 2. The number of methoxy groups -OCH3 is 1. The van der Waals surface area contributed by atoms with Crippen LogP contribution in [0.1, 0.15) is 0 Å². The highest BCUT2D eigenvalue weighted by atomic mass is 32.1. The number of hydrogen-bond acceptors (Lipinski definition) is 6. The summed E-state index contributed by atoms with van der Waals surface area (Å²) in [4.78, 5) is 16.1. The number of nitrogens with zero attached hydrogens (tertiary/aromatic N) is 1. The Morgan fingerprint density at radius 1 is 1.22 bits per heavy atom. The topological polar surface area (TPSA) is 86.5 Å². The highest BCUT2D eigenvalue weighted by Crippen LogP contribution is 2.26. The van der Waals surface area contributed by atoms with Gasteiger partial charge in [-0.25, -0.2) is 4.98 Å². The van der Waals surface area contributed by atoms with Gasteiger partial charge in [0.15, 0.2) is 11.7 Å². The van der Waals surface area contributed by atoms with Crippen LogP contribution in [0.25, 0.3) is 10.2 Å². The molecule has 0 bridgehead atoms. The van der Waals surface area contributed by atoms with Crippen molar-refractivity contribution in [2.24, 2.45) is 0 Å². The maximum Gasteiger partial charge on any atom is 0.262 e. The summed E-state index contributed by atoms with van der Waals surface area (Å²) in [5, 5.41) is 3.29. The molecule has 1 aromatic heterocycles. The fourth-order valence-corrected chi connectivity index (χ4v) is 2.81. The van der Waals surface area contributed by atoms with E-state index in [0.717, 1.165) is 16.0 Å². The number of carbonyl (C=O) groups excluding carboxylic acids is 1. The second-order valence-electron chi connectivity index (χ2n) is 4.75.